The molecule has 0 aliphatic carbocycles. The zero-order valence-corrected chi connectivity index (χ0v) is 17.4. The van der Waals surface area contributed by atoms with Crippen LogP contribution in [0.15, 0.2) is 37.2 Å². The zero-order valence-electron chi connectivity index (χ0n) is 16.6. The summed E-state index contributed by atoms with van der Waals surface area (Å²) in [6.45, 7) is 6.89. The van der Waals surface area contributed by atoms with E-state index in [1.165, 1.54) is 25.3 Å². The maximum atomic E-state index is 15.2. The summed E-state index contributed by atoms with van der Waals surface area (Å²) in [4.78, 5) is 24.3. The first-order valence-corrected chi connectivity index (χ1v) is 9.64. The number of carbonyl (C=O) groups excluding carboxylic acids is 1. The summed E-state index contributed by atoms with van der Waals surface area (Å²) in [5.74, 6) is -0.328. The first kappa shape index (κ1) is 21.7. The number of nitrogens with zero attached hydrogens (tertiary/aromatic N) is 4. The predicted octanol–water partition coefficient (Wildman–Crippen LogP) is 4.15. The maximum absolute atomic E-state index is 15.2. The van der Waals surface area contributed by atoms with Gasteiger partial charge in [0.2, 0.25) is 5.91 Å². The van der Waals surface area contributed by atoms with Gasteiger partial charge < -0.3 is 14.5 Å². The van der Waals surface area contributed by atoms with Gasteiger partial charge in [-0.15, -0.1) is 0 Å². The fourth-order valence-corrected chi connectivity index (χ4v) is 3.70. The van der Waals surface area contributed by atoms with Gasteiger partial charge in [-0.1, -0.05) is 30.3 Å². The minimum Gasteiger partial charge on any atom is -0.467 e. The number of ether oxygens (including phenoxy) is 1. The number of benzene rings is 1. The minimum absolute atomic E-state index is 0.00885. The number of hydrogen-bond donors (Lipinski definition) is 0. The van der Waals surface area contributed by atoms with Crippen LogP contribution in [0.25, 0.3) is 17.0 Å². The van der Waals surface area contributed by atoms with Gasteiger partial charge >= 0.3 is 6.01 Å². The molecule has 0 radical (unpaired) electrons. The molecule has 2 aromatic rings. The summed E-state index contributed by atoms with van der Waals surface area (Å²) < 4.78 is 32.6. The number of amides is 1. The van der Waals surface area contributed by atoms with Gasteiger partial charge in [0.25, 0.3) is 0 Å². The van der Waals surface area contributed by atoms with Gasteiger partial charge in [0, 0.05) is 36.6 Å². The smallest absolute Gasteiger partial charge is 0.318 e. The number of carbonyl (C=O) groups is 1. The second-order valence-corrected chi connectivity index (χ2v) is 7.13. The first-order chi connectivity index (χ1) is 14.4. The van der Waals surface area contributed by atoms with E-state index >= 15 is 4.39 Å². The predicted molar refractivity (Wildman–Crippen MR) is 114 cm³/mol. The molecule has 1 unspecified atom stereocenters. The number of methoxy groups -OCH3 is 1. The molecule has 1 aliphatic heterocycles. The molecule has 9 heteroatoms. The van der Waals surface area contributed by atoms with E-state index in [0.29, 0.717) is 37.2 Å². The van der Waals surface area contributed by atoms with Crippen LogP contribution in [0.1, 0.15) is 12.5 Å². The summed E-state index contributed by atoms with van der Waals surface area (Å²) in [6, 6.07) is 1.49. The lowest BCUT2D eigenvalue weighted by Gasteiger charge is -2.40. The van der Waals surface area contributed by atoms with Crippen LogP contribution in [0.5, 0.6) is 6.01 Å². The average molecular weight is 435 g/mol. The largest absolute Gasteiger partial charge is 0.467 e. The Morgan fingerprint density at radius 1 is 1.37 bits per heavy atom. The number of rotatable bonds is 5. The zero-order chi connectivity index (χ0) is 21.8. The highest BCUT2D eigenvalue weighted by atomic mass is 35.5. The van der Waals surface area contributed by atoms with Crippen LogP contribution in [-0.4, -0.2) is 53.6 Å². The summed E-state index contributed by atoms with van der Waals surface area (Å²) in [5.41, 5.74) is 0.131. The Hall–Kier alpha value is -3.00. The second kappa shape index (κ2) is 9.21. The number of aromatic nitrogens is 2. The van der Waals surface area contributed by atoms with Crippen molar-refractivity contribution in [1.29, 1.82) is 0 Å². The van der Waals surface area contributed by atoms with Crippen LogP contribution in [0, 0.1) is 5.82 Å². The summed E-state index contributed by atoms with van der Waals surface area (Å²) in [6.07, 6.45) is 5.45. The lowest BCUT2D eigenvalue weighted by atomic mass is 10.1. The average Bonchev–Trinajstić information content (AvgIpc) is 2.75. The van der Waals surface area contributed by atoms with Crippen LogP contribution in [0.4, 0.5) is 14.6 Å². The molecular weight excluding hydrogens is 414 g/mol. The molecule has 1 aromatic heterocycles. The molecule has 2 heterocycles. The van der Waals surface area contributed by atoms with Crippen LogP contribution in [0.2, 0.25) is 5.02 Å². The quantitative estimate of drug-likeness (QED) is 0.522. The summed E-state index contributed by atoms with van der Waals surface area (Å²) >= 11 is 6.31. The number of piperazine rings is 1. The molecule has 0 bridgehead atoms. The SMILES string of the molecule is C=CC(=O)N1CCN(c2nc(OC)nc3c(F)c(/C=C/C=C/F)c(Cl)cc23)CC1C. The molecule has 1 saturated heterocycles. The van der Waals surface area contributed by atoms with Crippen molar-refractivity contribution in [3.05, 3.63) is 53.6 Å². The van der Waals surface area contributed by atoms with Crippen molar-refractivity contribution in [3.8, 4) is 6.01 Å². The minimum atomic E-state index is -0.656. The normalized spacial score (nSPS) is 17.3. The van der Waals surface area contributed by atoms with Crippen LogP contribution in [-0.2, 0) is 4.79 Å². The number of halogens is 3. The van der Waals surface area contributed by atoms with Crippen molar-refractivity contribution in [2.45, 2.75) is 13.0 Å². The third kappa shape index (κ3) is 4.14. The third-order valence-electron chi connectivity index (χ3n) is 4.89. The van der Waals surface area contributed by atoms with E-state index in [-0.39, 0.29) is 34.1 Å². The molecule has 0 N–H and O–H groups in total. The Morgan fingerprint density at radius 3 is 2.77 bits per heavy atom. The monoisotopic (exact) mass is 434 g/mol. The molecule has 1 amide bonds. The van der Waals surface area contributed by atoms with E-state index in [9.17, 15) is 9.18 Å². The van der Waals surface area contributed by atoms with Crippen molar-refractivity contribution in [2.75, 3.05) is 31.6 Å². The van der Waals surface area contributed by atoms with Crippen molar-refractivity contribution < 1.29 is 18.3 Å². The lowest BCUT2D eigenvalue weighted by Crippen LogP contribution is -2.54. The van der Waals surface area contributed by atoms with Crippen LogP contribution in [0.3, 0.4) is 0 Å². The molecular formula is C21H21ClF2N4O2. The van der Waals surface area contributed by atoms with E-state index in [1.54, 1.807) is 11.0 Å². The van der Waals surface area contributed by atoms with Gasteiger partial charge in [-0.3, -0.25) is 4.79 Å². The highest BCUT2D eigenvalue weighted by Gasteiger charge is 2.29. The molecule has 1 aliphatic rings. The van der Waals surface area contributed by atoms with Crippen molar-refractivity contribution >= 4 is 40.3 Å². The van der Waals surface area contributed by atoms with Gasteiger partial charge in [-0.2, -0.15) is 9.97 Å². The van der Waals surface area contributed by atoms with Gasteiger partial charge in [-0.05, 0) is 25.1 Å². The van der Waals surface area contributed by atoms with E-state index in [0.717, 1.165) is 6.08 Å². The molecule has 0 saturated carbocycles. The molecule has 158 valence electrons. The van der Waals surface area contributed by atoms with Gasteiger partial charge in [0.15, 0.2) is 5.82 Å². The van der Waals surface area contributed by atoms with Gasteiger partial charge in [0.1, 0.15) is 11.3 Å². The summed E-state index contributed by atoms with van der Waals surface area (Å²) in [5, 5.41) is 0.569. The van der Waals surface area contributed by atoms with Gasteiger partial charge in [0.05, 0.1) is 18.5 Å². The van der Waals surface area contributed by atoms with Gasteiger partial charge in [-0.25, -0.2) is 8.78 Å². The number of fused-ring (bicyclic) bond motifs is 1. The van der Waals surface area contributed by atoms with Crippen molar-refractivity contribution in [3.63, 3.8) is 0 Å². The number of allylic oxidation sites excluding steroid dienone is 2. The summed E-state index contributed by atoms with van der Waals surface area (Å²) in [7, 11) is 1.40. The number of hydrogen-bond acceptors (Lipinski definition) is 5. The Bertz CT molecular complexity index is 1040. The Kier molecular flexibility index (Phi) is 6.66. The molecule has 3 rings (SSSR count). The molecule has 6 nitrogen and oxygen atoms in total. The molecule has 1 fully saturated rings. The number of anilines is 1. The maximum Gasteiger partial charge on any atom is 0.318 e. The molecule has 0 spiro atoms. The Labute approximate surface area is 178 Å². The second-order valence-electron chi connectivity index (χ2n) is 6.72. The highest BCUT2D eigenvalue weighted by Crippen LogP contribution is 2.35. The lowest BCUT2D eigenvalue weighted by molar-refractivity contribution is -0.128. The Morgan fingerprint density at radius 2 is 2.13 bits per heavy atom. The van der Waals surface area contributed by atoms with Crippen LogP contribution < -0.4 is 9.64 Å². The fraction of sp³-hybridized carbons (Fsp3) is 0.286. The molecule has 1 aromatic carbocycles. The molecule has 30 heavy (non-hydrogen) atoms. The van der Waals surface area contributed by atoms with Crippen molar-refractivity contribution in [2.24, 2.45) is 0 Å². The molecule has 1 atom stereocenters. The van der Waals surface area contributed by atoms with Crippen LogP contribution >= 0.6 is 11.6 Å². The van der Waals surface area contributed by atoms with Crippen molar-refractivity contribution in [1.82, 2.24) is 14.9 Å². The topological polar surface area (TPSA) is 58.6 Å². The standard InChI is InChI=1S/C21H21ClF2N4O2/c1-4-17(29)28-10-9-27(12-13(28)2)20-15-11-16(22)14(7-5-6-8-23)18(24)19(15)25-21(26-20)30-3/h4-8,11,13H,1,9-10,12H2,2-3H3/b7-5+,8-6+. The van der Waals surface area contributed by atoms with E-state index in [4.69, 9.17) is 16.3 Å². The first-order valence-electron chi connectivity index (χ1n) is 9.26. The fourth-order valence-electron chi connectivity index (χ4n) is 3.45. The van der Waals surface area contributed by atoms with E-state index in [1.807, 2.05) is 11.8 Å². The van der Waals surface area contributed by atoms with E-state index in [2.05, 4.69) is 16.5 Å². The van der Waals surface area contributed by atoms with E-state index < -0.39 is 5.82 Å². The third-order valence-corrected chi connectivity index (χ3v) is 5.20. The highest BCUT2D eigenvalue weighted by molar-refractivity contribution is 6.33. The Balaban J connectivity index is 2.09.